The fourth-order valence-corrected chi connectivity index (χ4v) is 5.39. The molecule has 1 unspecified atom stereocenters. The molecule has 0 aromatic heterocycles. The van der Waals surface area contributed by atoms with Crippen LogP contribution in [0.25, 0.3) is 0 Å². The first-order valence-corrected chi connectivity index (χ1v) is 13.3. The number of carbonyl (C=O) groups is 2. The van der Waals surface area contributed by atoms with Gasteiger partial charge in [0.1, 0.15) is 6.61 Å². The van der Waals surface area contributed by atoms with E-state index in [9.17, 15) is 9.59 Å². The number of dihydropyridines is 1. The molecule has 0 saturated carbocycles. The molecule has 198 valence electrons. The van der Waals surface area contributed by atoms with Gasteiger partial charge in [-0.05, 0) is 49.9 Å². The number of nitrogens with one attached hydrogen (secondary N) is 2. The van der Waals surface area contributed by atoms with Crippen molar-refractivity contribution in [2.24, 2.45) is 0 Å². The van der Waals surface area contributed by atoms with Crippen LogP contribution in [0.2, 0.25) is 5.02 Å². The van der Waals surface area contributed by atoms with Gasteiger partial charge in [-0.3, -0.25) is 9.69 Å². The zero-order chi connectivity index (χ0) is 27.1. The smallest absolute Gasteiger partial charge is 0.336 e. The lowest BCUT2D eigenvalue weighted by Gasteiger charge is -2.35. The van der Waals surface area contributed by atoms with Crippen LogP contribution in [0, 0.1) is 11.3 Å². The Morgan fingerprint density at radius 2 is 1.79 bits per heavy atom. The molecule has 8 heteroatoms. The largest absolute Gasteiger partial charge is 0.461 e. The number of hydrogen-bond acceptors (Lipinski definition) is 6. The van der Waals surface area contributed by atoms with Crippen molar-refractivity contribution in [3.8, 4) is 6.07 Å². The van der Waals surface area contributed by atoms with Crippen LogP contribution in [0.3, 0.4) is 0 Å². The summed E-state index contributed by atoms with van der Waals surface area (Å²) in [5, 5.41) is 15.8. The summed E-state index contributed by atoms with van der Waals surface area (Å²) in [5.41, 5.74) is 4.12. The normalized spacial score (nSPS) is 18.5. The van der Waals surface area contributed by atoms with Crippen LogP contribution in [0.4, 0.5) is 0 Å². The standard InChI is InChI=1S/C30H33ClN4O3/c1-20-26(29(36)34-25-12-15-35(16-13-25)19-22-8-4-3-5-9-22)28(23-10-6-11-24(31)18-23)27(21(2)33-20)30(37)38-17-7-14-32/h3-6,8-11,18,25,28,33H,7,12-13,15-17,19H2,1-2H3,(H,34,36). The highest BCUT2D eigenvalue weighted by Crippen LogP contribution is 2.39. The molecule has 0 radical (unpaired) electrons. The van der Waals surface area contributed by atoms with Gasteiger partial charge in [-0.2, -0.15) is 5.26 Å². The maximum Gasteiger partial charge on any atom is 0.336 e. The number of ether oxygens (including phenoxy) is 1. The monoisotopic (exact) mass is 532 g/mol. The number of rotatable bonds is 8. The number of halogens is 1. The second-order valence-corrected chi connectivity index (χ2v) is 10.2. The first kappa shape index (κ1) is 27.4. The van der Waals surface area contributed by atoms with Gasteiger partial charge in [0.2, 0.25) is 5.91 Å². The Bertz CT molecular complexity index is 1270. The van der Waals surface area contributed by atoms with Crippen LogP contribution in [0.15, 0.2) is 77.1 Å². The third-order valence-electron chi connectivity index (χ3n) is 7.03. The minimum absolute atomic E-state index is 0.0137. The van der Waals surface area contributed by atoms with Crippen molar-refractivity contribution < 1.29 is 14.3 Å². The Balaban J connectivity index is 1.52. The topological polar surface area (TPSA) is 94.5 Å². The summed E-state index contributed by atoms with van der Waals surface area (Å²) in [6, 6.07) is 19.6. The van der Waals surface area contributed by atoms with E-state index in [0.29, 0.717) is 27.6 Å². The van der Waals surface area contributed by atoms with Crippen molar-refractivity contribution in [2.45, 2.75) is 51.6 Å². The van der Waals surface area contributed by atoms with E-state index in [1.54, 1.807) is 25.1 Å². The summed E-state index contributed by atoms with van der Waals surface area (Å²) >= 11 is 6.32. The average molecular weight is 533 g/mol. The van der Waals surface area contributed by atoms with Crippen molar-refractivity contribution in [1.82, 2.24) is 15.5 Å². The average Bonchev–Trinajstić information content (AvgIpc) is 2.90. The van der Waals surface area contributed by atoms with Gasteiger partial charge in [0, 0.05) is 47.7 Å². The Hall–Kier alpha value is -3.60. The molecule has 38 heavy (non-hydrogen) atoms. The fraction of sp³-hybridized carbons (Fsp3) is 0.367. The molecule has 2 N–H and O–H groups in total. The first-order chi connectivity index (χ1) is 18.4. The summed E-state index contributed by atoms with van der Waals surface area (Å²) in [4.78, 5) is 29.4. The number of nitriles is 1. The third-order valence-corrected chi connectivity index (χ3v) is 7.26. The minimum atomic E-state index is -0.650. The summed E-state index contributed by atoms with van der Waals surface area (Å²) in [6.45, 7) is 6.30. The van der Waals surface area contributed by atoms with Crippen molar-refractivity contribution in [2.75, 3.05) is 19.7 Å². The zero-order valence-electron chi connectivity index (χ0n) is 21.8. The molecule has 2 aliphatic rings. The van der Waals surface area contributed by atoms with Gasteiger partial charge in [-0.1, -0.05) is 54.1 Å². The molecule has 2 aromatic rings. The molecule has 7 nitrogen and oxygen atoms in total. The summed E-state index contributed by atoms with van der Waals surface area (Å²) in [7, 11) is 0. The third kappa shape index (κ3) is 6.63. The number of nitrogens with zero attached hydrogens (tertiary/aromatic N) is 2. The van der Waals surface area contributed by atoms with Crippen molar-refractivity contribution >= 4 is 23.5 Å². The minimum Gasteiger partial charge on any atom is -0.461 e. The molecule has 4 rings (SSSR count). The predicted octanol–water partition coefficient (Wildman–Crippen LogP) is 4.81. The van der Waals surface area contributed by atoms with E-state index in [-0.39, 0.29) is 25.0 Å². The number of esters is 1. The number of benzene rings is 2. The van der Waals surface area contributed by atoms with Gasteiger partial charge in [-0.15, -0.1) is 0 Å². The number of amides is 1. The SMILES string of the molecule is CC1=C(C(=O)NC2CCN(Cc3ccccc3)CC2)C(c2cccc(Cl)c2)C(C(=O)OCCC#N)=C(C)N1. The van der Waals surface area contributed by atoms with Crippen LogP contribution in [0.5, 0.6) is 0 Å². The molecule has 1 amide bonds. The molecular formula is C30H33ClN4O3. The van der Waals surface area contributed by atoms with Gasteiger partial charge >= 0.3 is 5.97 Å². The molecule has 1 atom stereocenters. The fourth-order valence-electron chi connectivity index (χ4n) is 5.19. The molecule has 1 saturated heterocycles. The highest BCUT2D eigenvalue weighted by atomic mass is 35.5. The van der Waals surface area contributed by atoms with Crippen LogP contribution < -0.4 is 10.6 Å². The number of piperidine rings is 1. The molecule has 0 spiro atoms. The molecule has 0 aliphatic carbocycles. The molecule has 0 bridgehead atoms. The molecular weight excluding hydrogens is 500 g/mol. The second-order valence-electron chi connectivity index (χ2n) is 9.74. The Morgan fingerprint density at radius 3 is 2.47 bits per heavy atom. The van der Waals surface area contributed by atoms with E-state index < -0.39 is 11.9 Å². The van der Waals surface area contributed by atoms with E-state index in [4.69, 9.17) is 21.6 Å². The van der Waals surface area contributed by atoms with Crippen molar-refractivity contribution in [3.63, 3.8) is 0 Å². The predicted molar refractivity (Wildman–Crippen MR) is 147 cm³/mol. The summed E-state index contributed by atoms with van der Waals surface area (Å²) in [5.74, 6) is -1.42. The van der Waals surface area contributed by atoms with E-state index in [2.05, 4.69) is 39.8 Å². The van der Waals surface area contributed by atoms with E-state index in [1.807, 2.05) is 25.1 Å². The van der Waals surface area contributed by atoms with Gasteiger partial charge in [0.05, 0.1) is 24.0 Å². The number of carbonyl (C=O) groups excluding carboxylic acids is 2. The molecule has 2 heterocycles. The number of hydrogen-bond donors (Lipinski definition) is 2. The highest BCUT2D eigenvalue weighted by Gasteiger charge is 2.38. The van der Waals surface area contributed by atoms with E-state index >= 15 is 0 Å². The maximum atomic E-state index is 13.8. The van der Waals surface area contributed by atoms with Crippen LogP contribution in [-0.2, 0) is 20.9 Å². The summed E-state index contributed by atoms with van der Waals surface area (Å²) < 4.78 is 5.40. The number of allylic oxidation sites excluding steroid dienone is 2. The first-order valence-electron chi connectivity index (χ1n) is 12.9. The second kappa shape index (κ2) is 12.8. The number of likely N-dealkylation sites (tertiary alicyclic amines) is 1. The lowest BCUT2D eigenvalue weighted by Crippen LogP contribution is -2.46. The Morgan fingerprint density at radius 1 is 1.08 bits per heavy atom. The zero-order valence-corrected chi connectivity index (χ0v) is 22.6. The Labute approximate surface area is 229 Å². The lowest BCUT2D eigenvalue weighted by atomic mass is 9.80. The molecule has 1 fully saturated rings. The van der Waals surface area contributed by atoms with E-state index in [1.165, 1.54) is 5.56 Å². The van der Waals surface area contributed by atoms with Crippen LogP contribution >= 0.6 is 11.6 Å². The highest BCUT2D eigenvalue weighted by molar-refractivity contribution is 6.30. The lowest BCUT2D eigenvalue weighted by molar-refractivity contribution is -0.139. The van der Waals surface area contributed by atoms with Crippen LogP contribution in [0.1, 0.15) is 50.2 Å². The van der Waals surface area contributed by atoms with Gasteiger partial charge in [-0.25, -0.2) is 4.79 Å². The van der Waals surface area contributed by atoms with Crippen LogP contribution in [-0.4, -0.2) is 42.5 Å². The van der Waals surface area contributed by atoms with Gasteiger partial charge in [0.15, 0.2) is 0 Å². The maximum absolute atomic E-state index is 13.8. The van der Waals surface area contributed by atoms with Gasteiger partial charge in [0.25, 0.3) is 0 Å². The summed E-state index contributed by atoms with van der Waals surface area (Å²) in [6.07, 6.45) is 1.79. The quantitative estimate of drug-likeness (QED) is 0.374. The van der Waals surface area contributed by atoms with Crippen molar-refractivity contribution in [1.29, 1.82) is 5.26 Å². The molecule has 2 aromatic carbocycles. The Kier molecular flexibility index (Phi) is 9.22. The van der Waals surface area contributed by atoms with Crippen molar-refractivity contribution in [3.05, 3.63) is 93.3 Å². The van der Waals surface area contributed by atoms with Gasteiger partial charge < -0.3 is 15.4 Å². The van der Waals surface area contributed by atoms with E-state index in [0.717, 1.165) is 38.0 Å². The molecule has 2 aliphatic heterocycles.